The molecule has 2 aromatic carbocycles. The van der Waals surface area contributed by atoms with Gasteiger partial charge in [-0.1, -0.05) is 42.5 Å². The standard InChI is InChI=1S/C22H16N6O2S/c29-20(26-16-8-4-7-15(10-16)19-24-13-25-27-19)18-11-23-22-28(21(18)30)12-17(31-22)9-14-5-2-1-3-6-14/h1-8,10-13H,9H2,(H,26,29)(H,24,25,27). The minimum absolute atomic E-state index is 0.0216. The molecule has 0 aliphatic rings. The maximum atomic E-state index is 12.9. The number of H-pyrrole nitrogens is 1. The molecule has 0 unspecified atom stereocenters. The average molecular weight is 428 g/mol. The van der Waals surface area contributed by atoms with E-state index < -0.39 is 11.5 Å². The number of hydrogen-bond acceptors (Lipinski definition) is 6. The smallest absolute Gasteiger partial charge is 0.271 e. The first-order chi connectivity index (χ1) is 15.2. The van der Waals surface area contributed by atoms with Crippen LogP contribution in [0.2, 0.25) is 0 Å². The van der Waals surface area contributed by atoms with Gasteiger partial charge in [0.05, 0.1) is 0 Å². The Morgan fingerprint density at radius 1 is 1.10 bits per heavy atom. The van der Waals surface area contributed by atoms with E-state index in [1.165, 1.54) is 28.3 Å². The Bertz CT molecular complexity index is 1420. The molecule has 3 heterocycles. The van der Waals surface area contributed by atoms with Crippen molar-refractivity contribution in [2.24, 2.45) is 0 Å². The SMILES string of the molecule is O=C(Nc1cccc(-c2ncn[nH]2)c1)c1cnc2sc(Cc3ccccc3)cn2c1=O. The molecular weight excluding hydrogens is 412 g/mol. The maximum Gasteiger partial charge on any atom is 0.271 e. The average Bonchev–Trinajstić information content (AvgIpc) is 3.45. The first-order valence-corrected chi connectivity index (χ1v) is 10.3. The summed E-state index contributed by atoms with van der Waals surface area (Å²) in [6.45, 7) is 0. The van der Waals surface area contributed by atoms with E-state index in [1.54, 1.807) is 24.4 Å². The van der Waals surface area contributed by atoms with Crippen LogP contribution in [-0.4, -0.2) is 30.5 Å². The molecule has 0 fully saturated rings. The highest BCUT2D eigenvalue weighted by Gasteiger charge is 2.16. The topological polar surface area (TPSA) is 105 Å². The lowest BCUT2D eigenvalue weighted by molar-refractivity contribution is 0.102. The number of nitrogens with one attached hydrogen (secondary N) is 2. The van der Waals surface area contributed by atoms with E-state index in [9.17, 15) is 9.59 Å². The van der Waals surface area contributed by atoms with Gasteiger partial charge in [0.25, 0.3) is 11.5 Å². The monoisotopic (exact) mass is 428 g/mol. The summed E-state index contributed by atoms with van der Waals surface area (Å²) in [5.74, 6) is 0.0703. The summed E-state index contributed by atoms with van der Waals surface area (Å²) in [4.78, 5) is 35.7. The molecule has 0 saturated carbocycles. The Labute approximate surface area is 180 Å². The second-order valence-corrected chi connectivity index (χ2v) is 7.95. The molecule has 0 bridgehead atoms. The van der Waals surface area contributed by atoms with Crippen LogP contribution in [0.25, 0.3) is 16.3 Å². The van der Waals surface area contributed by atoms with E-state index in [0.717, 1.165) is 16.0 Å². The number of benzene rings is 2. The number of thiazole rings is 1. The fraction of sp³-hybridized carbons (Fsp3) is 0.0455. The molecule has 5 rings (SSSR count). The Morgan fingerprint density at radius 2 is 1.97 bits per heavy atom. The van der Waals surface area contributed by atoms with Crippen LogP contribution in [0.5, 0.6) is 0 Å². The van der Waals surface area contributed by atoms with Crippen molar-refractivity contribution in [3.05, 3.63) is 99.7 Å². The Morgan fingerprint density at radius 3 is 2.77 bits per heavy atom. The molecule has 2 N–H and O–H groups in total. The highest BCUT2D eigenvalue weighted by atomic mass is 32.1. The van der Waals surface area contributed by atoms with Crippen molar-refractivity contribution in [1.29, 1.82) is 0 Å². The molecule has 0 radical (unpaired) electrons. The summed E-state index contributed by atoms with van der Waals surface area (Å²) >= 11 is 1.43. The molecule has 9 heteroatoms. The van der Waals surface area contributed by atoms with Crippen LogP contribution >= 0.6 is 11.3 Å². The van der Waals surface area contributed by atoms with Crippen molar-refractivity contribution >= 4 is 27.9 Å². The third-order valence-corrected chi connectivity index (χ3v) is 5.73. The fourth-order valence-corrected chi connectivity index (χ4v) is 4.22. The minimum atomic E-state index is -0.516. The predicted molar refractivity (Wildman–Crippen MR) is 118 cm³/mol. The number of carbonyl (C=O) groups excluding carboxylic acids is 1. The van der Waals surface area contributed by atoms with Crippen molar-refractivity contribution in [1.82, 2.24) is 24.6 Å². The molecule has 0 saturated heterocycles. The van der Waals surface area contributed by atoms with Gasteiger partial charge in [0.1, 0.15) is 11.9 Å². The van der Waals surface area contributed by atoms with Crippen molar-refractivity contribution in [3.8, 4) is 11.4 Å². The molecule has 0 aliphatic heterocycles. The van der Waals surface area contributed by atoms with Gasteiger partial charge in [-0.05, 0) is 17.7 Å². The number of aromatic nitrogens is 5. The van der Waals surface area contributed by atoms with Gasteiger partial charge in [-0.15, -0.1) is 11.3 Å². The van der Waals surface area contributed by atoms with Gasteiger partial charge in [-0.2, -0.15) is 5.10 Å². The number of anilines is 1. The van der Waals surface area contributed by atoms with Crippen molar-refractivity contribution in [3.63, 3.8) is 0 Å². The van der Waals surface area contributed by atoms with Gasteiger partial charge in [-0.25, -0.2) is 9.97 Å². The van der Waals surface area contributed by atoms with Gasteiger partial charge in [0.2, 0.25) is 0 Å². The molecule has 0 atom stereocenters. The van der Waals surface area contributed by atoms with E-state index in [-0.39, 0.29) is 5.56 Å². The van der Waals surface area contributed by atoms with Gasteiger partial charge in [0, 0.05) is 34.9 Å². The quantitative estimate of drug-likeness (QED) is 0.446. The Balaban J connectivity index is 1.41. The van der Waals surface area contributed by atoms with E-state index in [2.05, 4.69) is 25.5 Å². The largest absolute Gasteiger partial charge is 0.322 e. The van der Waals surface area contributed by atoms with E-state index in [0.29, 0.717) is 22.9 Å². The number of hydrogen-bond donors (Lipinski definition) is 2. The lowest BCUT2D eigenvalue weighted by Gasteiger charge is -2.06. The molecule has 31 heavy (non-hydrogen) atoms. The van der Waals surface area contributed by atoms with Crippen LogP contribution in [0.4, 0.5) is 5.69 Å². The zero-order chi connectivity index (χ0) is 21.2. The number of fused-ring (bicyclic) bond motifs is 1. The highest BCUT2D eigenvalue weighted by molar-refractivity contribution is 7.17. The van der Waals surface area contributed by atoms with Crippen LogP contribution in [0, 0.1) is 0 Å². The van der Waals surface area contributed by atoms with E-state index in [1.807, 2.05) is 36.4 Å². The van der Waals surface area contributed by atoms with Gasteiger partial charge >= 0.3 is 0 Å². The van der Waals surface area contributed by atoms with Crippen LogP contribution in [0.3, 0.4) is 0 Å². The zero-order valence-corrected chi connectivity index (χ0v) is 17.0. The summed E-state index contributed by atoms with van der Waals surface area (Å²) in [6.07, 6.45) is 5.19. The predicted octanol–water partition coefficient (Wildman–Crippen LogP) is 3.38. The van der Waals surface area contributed by atoms with Gasteiger partial charge in [-0.3, -0.25) is 19.1 Å². The number of rotatable bonds is 5. The Hall–Kier alpha value is -4.11. The van der Waals surface area contributed by atoms with Gasteiger partial charge in [0.15, 0.2) is 10.8 Å². The summed E-state index contributed by atoms with van der Waals surface area (Å²) < 4.78 is 1.43. The molecule has 3 aromatic heterocycles. The summed E-state index contributed by atoms with van der Waals surface area (Å²) in [5, 5.41) is 9.37. The lowest BCUT2D eigenvalue weighted by atomic mass is 10.1. The normalized spacial score (nSPS) is 11.0. The summed E-state index contributed by atoms with van der Waals surface area (Å²) in [7, 11) is 0. The third kappa shape index (κ3) is 3.86. The van der Waals surface area contributed by atoms with Crippen LogP contribution in [0.1, 0.15) is 20.8 Å². The third-order valence-electron chi connectivity index (χ3n) is 4.73. The molecule has 0 aliphatic carbocycles. The minimum Gasteiger partial charge on any atom is -0.322 e. The fourth-order valence-electron chi connectivity index (χ4n) is 3.25. The molecular formula is C22H16N6O2S. The van der Waals surface area contributed by atoms with Crippen molar-refractivity contribution in [2.45, 2.75) is 6.42 Å². The second-order valence-electron chi connectivity index (χ2n) is 6.86. The second kappa shape index (κ2) is 7.96. The zero-order valence-electron chi connectivity index (χ0n) is 16.1. The van der Waals surface area contributed by atoms with Crippen LogP contribution < -0.4 is 10.9 Å². The molecule has 152 valence electrons. The van der Waals surface area contributed by atoms with Crippen LogP contribution in [0.15, 0.2) is 78.1 Å². The lowest BCUT2D eigenvalue weighted by Crippen LogP contribution is -2.25. The van der Waals surface area contributed by atoms with E-state index >= 15 is 0 Å². The van der Waals surface area contributed by atoms with Crippen LogP contribution in [-0.2, 0) is 6.42 Å². The summed E-state index contributed by atoms with van der Waals surface area (Å²) in [6, 6.07) is 17.1. The molecule has 1 amide bonds. The number of aromatic amines is 1. The first-order valence-electron chi connectivity index (χ1n) is 9.48. The first kappa shape index (κ1) is 18.9. The summed E-state index contributed by atoms with van der Waals surface area (Å²) in [5.41, 5.74) is 2.03. The van der Waals surface area contributed by atoms with Crippen molar-refractivity contribution in [2.75, 3.05) is 5.32 Å². The maximum absolute atomic E-state index is 12.9. The van der Waals surface area contributed by atoms with Crippen molar-refractivity contribution < 1.29 is 4.79 Å². The van der Waals surface area contributed by atoms with E-state index in [4.69, 9.17) is 0 Å². The number of nitrogens with zero attached hydrogens (tertiary/aromatic N) is 4. The highest BCUT2D eigenvalue weighted by Crippen LogP contribution is 2.20. The molecule has 0 spiro atoms. The molecule has 8 nitrogen and oxygen atoms in total. The Kier molecular flexibility index (Phi) is 4.85. The van der Waals surface area contributed by atoms with Gasteiger partial charge < -0.3 is 5.32 Å². The molecule has 5 aromatic rings. The number of carbonyl (C=O) groups is 1. The number of amides is 1.